The molecule has 8 heteroatoms. The van der Waals surface area contributed by atoms with E-state index >= 15 is 0 Å². The third-order valence-corrected chi connectivity index (χ3v) is 4.42. The molecule has 7 nitrogen and oxygen atoms in total. The zero-order valence-corrected chi connectivity index (χ0v) is 15.3. The van der Waals surface area contributed by atoms with E-state index in [1.807, 2.05) is 0 Å². The Labute approximate surface area is 153 Å². The van der Waals surface area contributed by atoms with Crippen LogP contribution in [-0.2, 0) is 14.3 Å². The van der Waals surface area contributed by atoms with Gasteiger partial charge < -0.3 is 15.4 Å². The summed E-state index contributed by atoms with van der Waals surface area (Å²) in [6, 6.07) is 8.73. The lowest BCUT2D eigenvalue weighted by molar-refractivity contribution is -0.147. The summed E-state index contributed by atoms with van der Waals surface area (Å²) in [5.41, 5.74) is -0.526. The van der Waals surface area contributed by atoms with Crippen molar-refractivity contribution in [1.29, 1.82) is 5.26 Å². The minimum absolute atomic E-state index is 0.141. The van der Waals surface area contributed by atoms with Gasteiger partial charge in [0.2, 0.25) is 0 Å². The Kier molecular flexibility index (Phi) is 6.15. The fraction of sp³-hybridized carbons (Fsp3) is 0.412. The number of nitrogens with zero attached hydrogens (tertiary/aromatic N) is 1. The van der Waals surface area contributed by atoms with E-state index in [4.69, 9.17) is 10.00 Å². The third kappa shape index (κ3) is 5.57. The highest BCUT2D eigenvalue weighted by Crippen LogP contribution is 2.39. The van der Waals surface area contributed by atoms with Gasteiger partial charge in [0.25, 0.3) is 11.8 Å². The van der Waals surface area contributed by atoms with Gasteiger partial charge in [0, 0.05) is 10.0 Å². The van der Waals surface area contributed by atoms with E-state index in [2.05, 4.69) is 32.6 Å². The summed E-state index contributed by atoms with van der Waals surface area (Å²) in [7, 11) is 0. The second-order valence-electron chi connectivity index (χ2n) is 5.99. The van der Waals surface area contributed by atoms with Gasteiger partial charge in [-0.05, 0) is 49.9 Å². The van der Waals surface area contributed by atoms with Crippen LogP contribution in [0.2, 0.25) is 0 Å². The first-order valence-electron chi connectivity index (χ1n) is 7.75. The highest BCUT2D eigenvalue weighted by molar-refractivity contribution is 9.10. The van der Waals surface area contributed by atoms with E-state index in [1.54, 1.807) is 31.2 Å². The number of hydrogen-bond donors (Lipinski definition) is 2. The van der Waals surface area contributed by atoms with E-state index in [0.29, 0.717) is 5.56 Å². The maximum Gasteiger partial charge on any atom is 0.325 e. The lowest BCUT2D eigenvalue weighted by Gasteiger charge is -2.22. The summed E-state index contributed by atoms with van der Waals surface area (Å²) in [6.45, 7) is 0.820. The molecule has 2 rings (SSSR count). The Hall–Kier alpha value is -2.40. The molecule has 1 aromatic carbocycles. The summed E-state index contributed by atoms with van der Waals surface area (Å²) in [5, 5.41) is 14.2. The zero-order valence-electron chi connectivity index (χ0n) is 13.7. The predicted molar refractivity (Wildman–Crippen MR) is 92.3 cm³/mol. The number of nitriles is 1. The maximum absolute atomic E-state index is 11.9. The van der Waals surface area contributed by atoms with E-state index in [0.717, 1.165) is 17.3 Å². The minimum atomic E-state index is -0.931. The van der Waals surface area contributed by atoms with Gasteiger partial charge in [0.15, 0.2) is 6.61 Å². The summed E-state index contributed by atoms with van der Waals surface area (Å²) >= 11 is 3.27. The molecule has 0 heterocycles. The Balaban J connectivity index is 1.71. The van der Waals surface area contributed by atoms with Gasteiger partial charge in [-0.3, -0.25) is 14.4 Å². The van der Waals surface area contributed by atoms with Crippen LogP contribution >= 0.6 is 15.9 Å². The van der Waals surface area contributed by atoms with Crippen LogP contribution in [0.3, 0.4) is 0 Å². The quantitative estimate of drug-likeness (QED) is 0.666. The number of nitrogens with one attached hydrogen (secondary N) is 2. The monoisotopic (exact) mass is 407 g/mol. The molecule has 1 fully saturated rings. The van der Waals surface area contributed by atoms with Crippen LogP contribution in [0.25, 0.3) is 0 Å². The van der Waals surface area contributed by atoms with Crippen molar-refractivity contribution in [2.24, 2.45) is 5.92 Å². The van der Waals surface area contributed by atoms with Crippen molar-refractivity contribution in [3.8, 4) is 6.07 Å². The second kappa shape index (κ2) is 8.12. The molecule has 0 bridgehead atoms. The van der Waals surface area contributed by atoms with Crippen molar-refractivity contribution in [3.63, 3.8) is 0 Å². The normalized spacial score (nSPS) is 15.4. The molecule has 0 aromatic heterocycles. The summed E-state index contributed by atoms with van der Waals surface area (Å²) in [6.07, 6.45) is 1.79. The van der Waals surface area contributed by atoms with Gasteiger partial charge in [-0.15, -0.1) is 0 Å². The Morgan fingerprint density at radius 3 is 2.52 bits per heavy atom. The molecule has 1 aromatic rings. The fourth-order valence-electron chi connectivity index (χ4n) is 2.26. The number of amides is 2. The molecule has 1 aliphatic rings. The number of hydrogen-bond acceptors (Lipinski definition) is 5. The average molecular weight is 408 g/mol. The minimum Gasteiger partial charge on any atom is -0.454 e. The molecular weight excluding hydrogens is 390 g/mol. The molecular formula is C17H18BrN3O4. The van der Waals surface area contributed by atoms with Crippen molar-refractivity contribution >= 4 is 33.7 Å². The summed E-state index contributed by atoms with van der Waals surface area (Å²) in [4.78, 5) is 35.3. The van der Waals surface area contributed by atoms with Crippen LogP contribution in [0, 0.1) is 17.2 Å². The number of halogens is 1. The molecule has 2 N–H and O–H groups in total. The van der Waals surface area contributed by atoms with Gasteiger partial charge in [0.1, 0.15) is 12.1 Å². The molecule has 0 saturated heterocycles. The van der Waals surface area contributed by atoms with Crippen molar-refractivity contribution in [2.75, 3.05) is 13.2 Å². The molecule has 1 aliphatic carbocycles. The van der Waals surface area contributed by atoms with Crippen molar-refractivity contribution in [2.45, 2.75) is 25.3 Å². The van der Waals surface area contributed by atoms with Crippen LogP contribution in [0.4, 0.5) is 0 Å². The van der Waals surface area contributed by atoms with Gasteiger partial charge in [0.05, 0.1) is 6.07 Å². The largest absolute Gasteiger partial charge is 0.454 e. The van der Waals surface area contributed by atoms with Crippen LogP contribution in [0.5, 0.6) is 0 Å². The fourth-order valence-corrected chi connectivity index (χ4v) is 2.52. The van der Waals surface area contributed by atoms with Gasteiger partial charge in [-0.1, -0.05) is 15.9 Å². The van der Waals surface area contributed by atoms with Crippen molar-refractivity contribution in [1.82, 2.24) is 10.6 Å². The molecule has 0 aliphatic heterocycles. The molecule has 132 valence electrons. The lowest BCUT2D eigenvalue weighted by atomic mass is 9.98. The summed E-state index contributed by atoms with van der Waals surface area (Å²) in [5.74, 6) is -1.55. The predicted octanol–water partition coefficient (Wildman–Crippen LogP) is 1.53. The third-order valence-electron chi connectivity index (χ3n) is 3.89. The molecule has 0 unspecified atom stereocenters. The number of esters is 1. The van der Waals surface area contributed by atoms with E-state index in [1.165, 1.54) is 0 Å². The maximum atomic E-state index is 11.9. The van der Waals surface area contributed by atoms with E-state index in [-0.39, 0.29) is 12.5 Å². The Morgan fingerprint density at radius 2 is 1.96 bits per heavy atom. The van der Waals surface area contributed by atoms with Gasteiger partial charge >= 0.3 is 5.97 Å². The van der Waals surface area contributed by atoms with Crippen LogP contribution in [-0.4, -0.2) is 36.5 Å². The molecule has 1 saturated carbocycles. The average Bonchev–Trinajstić information content (AvgIpc) is 3.44. The number of rotatable bonds is 7. The molecule has 1 atom stereocenters. The van der Waals surface area contributed by atoms with Crippen LogP contribution in [0.15, 0.2) is 28.7 Å². The van der Waals surface area contributed by atoms with Gasteiger partial charge in [-0.25, -0.2) is 0 Å². The van der Waals surface area contributed by atoms with E-state index in [9.17, 15) is 14.4 Å². The zero-order chi connectivity index (χ0) is 18.4. The molecule has 0 radical (unpaired) electrons. The van der Waals surface area contributed by atoms with Crippen molar-refractivity contribution < 1.29 is 19.1 Å². The first-order valence-corrected chi connectivity index (χ1v) is 8.55. The highest BCUT2D eigenvalue weighted by atomic mass is 79.9. The highest BCUT2D eigenvalue weighted by Gasteiger charge is 2.43. The topological polar surface area (TPSA) is 108 Å². The number of carbonyl (C=O) groups excluding carboxylic acids is 3. The standard InChI is InChI=1S/C17H18BrN3O4/c1-17(10-19,12-4-5-12)21-14(22)9-25-15(23)8-20-16(24)11-2-6-13(18)7-3-11/h2-3,6-7,12H,4-5,8-9H2,1H3,(H,20,24)(H,21,22)/t17-/m0/s1. The smallest absolute Gasteiger partial charge is 0.325 e. The number of carbonyl (C=O) groups is 3. The van der Waals surface area contributed by atoms with Crippen molar-refractivity contribution in [3.05, 3.63) is 34.3 Å². The second-order valence-corrected chi connectivity index (χ2v) is 6.90. The molecule has 0 spiro atoms. The van der Waals surface area contributed by atoms with Crippen LogP contribution in [0.1, 0.15) is 30.1 Å². The first kappa shape index (κ1) is 18.9. The Morgan fingerprint density at radius 1 is 1.32 bits per heavy atom. The SMILES string of the molecule is C[C@@](C#N)(NC(=O)COC(=O)CNC(=O)c1ccc(Br)cc1)C1CC1. The first-order chi connectivity index (χ1) is 11.8. The number of ether oxygens (including phenoxy) is 1. The molecule has 25 heavy (non-hydrogen) atoms. The Bertz CT molecular complexity index is 710. The lowest BCUT2D eigenvalue weighted by Crippen LogP contribution is -2.48. The molecule has 2 amide bonds. The van der Waals surface area contributed by atoms with Gasteiger partial charge in [-0.2, -0.15) is 5.26 Å². The van der Waals surface area contributed by atoms with Crippen LogP contribution < -0.4 is 10.6 Å². The summed E-state index contributed by atoms with van der Waals surface area (Å²) < 4.78 is 5.66. The van der Waals surface area contributed by atoms with E-state index < -0.39 is 29.9 Å². The number of benzene rings is 1.